The van der Waals surface area contributed by atoms with Crippen LogP contribution in [0.1, 0.15) is 82.3 Å². The van der Waals surface area contributed by atoms with Gasteiger partial charge in [0.05, 0.1) is 7.11 Å². The maximum absolute atomic E-state index is 11.2. The second-order valence-corrected chi connectivity index (χ2v) is 6.50. The third-order valence-electron chi connectivity index (χ3n) is 4.37. The van der Waals surface area contributed by atoms with Crippen molar-refractivity contribution < 1.29 is 9.53 Å². The lowest BCUT2D eigenvalue weighted by molar-refractivity contribution is -0.134. The van der Waals surface area contributed by atoms with Gasteiger partial charge in [0.2, 0.25) is 0 Å². The summed E-state index contributed by atoms with van der Waals surface area (Å²) in [6, 6.07) is 8.09. The maximum Gasteiger partial charge on any atom is 0.330 e. The smallest absolute Gasteiger partial charge is 0.330 e. The zero-order chi connectivity index (χ0) is 18.2. The summed E-state index contributed by atoms with van der Waals surface area (Å²) >= 11 is 0. The number of unbranched alkanes of at least 4 members (excludes halogenated alkanes) is 9. The Morgan fingerprint density at radius 2 is 1.44 bits per heavy atom. The van der Waals surface area contributed by atoms with Crippen LogP contribution in [0.3, 0.4) is 0 Å². The van der Waals surface area contributed by atoms with Crippen LogP contribution in [-0.2, 0) is 9.53 Å². The topological polar surface area (TPSA) is 26.3 Å². The van der Waals surface area contributed by atoms with Gasteiger partial charge in [0, 0.05) is 6.08 Å². The molecule has 1 aromatic rings. The predicted molar refractivity (Wildman–Crippen MR) is 108 cm³/mol. The van der Waals surface area contributed by atoms with Crippen LogP contribution in [0.15, 0.2) is 36.4 Å². The normalized spacial score (nSPS) is 11.4. The number of allylic oxidation sites excluding steroid dienone is 1. The summed E-state index contributed by atoms with van der Waals surface area (Å²) < 4.78 is 4.64. The molecule has 138 valence electrons. The lowest BCUT2D eigenvalue weighted by Gasteiger charge is -2.02. The second kappa shape index (κ2) is 14.5. The molecule has 0 aromatic heterocycles. The summed E-state index contributed by atoms with van der Waals surface area (Å²) in [5.41, 5.74) is 2.18. The quantitative estimate of drug-likeness (QED) is 0.224. The molecule has 0 saturated heterocycles. The maximum atomic E-state index is 11.2. The van der Waals surface area contributed by atoms with E-state index < -0.39 is 0 Å². The van der Waals surface area contributed by atoms with Crippen LogP contribution in [0.5, 0.6) is 0 Å². The second-order valence-electron chi connectivity index (χ2n) is 6.50. The number of rotatable bonds is 13. The molecule has 0 spiro atoms. The highest BCUT2D eigenvalue weighted by Crippen LogP contribution is 2.15. The highest BCUT2D eigenvalue weighted by Gasteiger charge is 1.97. The van der Waals surface area contributed by atoms with Crippen LogP contribution in [0.4, 0.5) is 0 Å². The van der Waals surface area contributed by atoms with Gasteiger partial charge in [-0.25, -0.2) is 4.79 Å². The van der Waals surface area contributed by atoms with Gasteiger partial charge in [-0.3, -0.25) is 0 Å². The molecule has 2 nitrogen and oxygen atoms in total. The number of benzene rings is 1. The van der Waals surface area contributed by atoms with E-state index >= 15 is 0 Å². The highest BCUT2D eigenvalue weighted by atomic mass is 16.5. The van der Waals surface area contributed by atoms with Crippen LogP contribution in [0.2, 0.25) is 0 Å². The van der Waals surface area contributed by atoms with Crippen molar-refractivity contribution in [2.24, 2.45) is 0 Å². The average Bonchev–Trinajstić information content (AvgIpc) is 2.64. The van der Waals surface area contributed by atoms with E-state index in [0.29, 0.717) is 0 Å². The first-order chi connectivity index (χ1) is 12.3. The molecule has 2 heteroatoms. The zero-order valence-electron chi connectivity index (χ0n) is 16.0. The fourth-order valence-corrected chi connectivity index (χ4v) is 2.82. The van der Waals surface area contributed by atoms with E-state index in [1.165, 1.54) is 71.0 Å². The summed E-state index contributed by atoms with van der Waals surface area (Å²) in [5.74, 6) is -0.325. The fourth-order valence-electron chi connectivity index (χ4n) is 2.82. The van der Waals surface area contributed by atoms with Crippen molar-refractivity contribution in [1.82, 2.24) is 0 Å². The van der Waals surface area contributed by atoms with E-state index in [0.717, 1.165) is 17.5 Å². The van der Waals surface area contributed by atoms with Crippen molar-refractivity contribution >= 4 is 18.1 Å². The van der Waals surface area contributed by atoms with Crippen molar-refractivity contribution in [3.8, 4) is 0 Å². The molecule has 25 heavy (non-hydrogen) atoms. The average molecular weight is 343 g/mol. The zero-order valence-corrected chi connectivity index (χ0v) is 16.0. The summed E-state index contributed by atoms with van der Waals surface area (Å²) in [4.78, 5) is 11.2. The van der Waals surface area contributed by atoms with Crippen molar-refractivity contribution in [1.29, 1.82) is 0 Å². The van der Waals surface area contributed by atoms with E-state index in [1.807, 2.05) is 24.3 Å². The first-order valence-electron chi connectivity index (χ1n) is 9.79. The Morgan fingerprint density at radius 3 is 2.04 bits per heavy atom. The minimum absolute atomic E-state index is 0.325. The van der Waals surface area contributed by atoms with Gasteiger partial charge in [0.15, 0.2) is 0 Å². The van der Waals surface area contributed by atoms with Crippen LogP contribution in [0.25, 0.3) is 12.2 Å². The molecule has 0 saturated carbocycles. The predicted octanol–water partition coefficient (Wildman–Crippen LogP) is 6.81. The Labute approximate surface area is 154 Å². The number of ether oxygens (including phenoxy) is 1. The Hall–Kier alpha value is -1.83. The van der Waals surface area contributed by atoms with Gasteiger partial charge in [-0.2, -0.15) is 0 Å². The number of methoxy groups -OCH3 is 1. The SMILES string of the molecule is CCCCCCCCCCC/C=C\c1ccccc1/C=C/C(=O)OC. The molecule has 0 bridgehead atoms. The van der Waals surface area contributed by atoms with E-state index in [4.69, 9.17) is 0 Å². The van der Waals surface area contributed by atoms with Gasteiger partial charge in [-0.1, -0.05) is 94.7 Å². The molecule has 0 unspecified atom stereocenters. The van der Waals surface area contributed by atoms with Gasteiger partial charge in [0.1, 0.15) is 0 Å². The summed E-state index contributed by atoms with van der Waals surface area (Å²) in [6.07, 6.45) is 21.0. The van der Waals surface area contributed by atoms with Crippen molar-refractivity contribution in [3.63, 3.8) is 0 Å². The van der Waals surface area contributed by atoms with Gasteiger partial charge >= 0.3 is 5.97 Å². The molecule has 0 amide bonds. The third-order valence-corrected chi connectivity index (χ3v) is 4.37. The molecule has 0 heterocycles. The molecule has 0 aliphatic carbocycles. The summed E-state index contributed by atoms with van der Waals surface area (Å²) in [5, 5.41) is 0. The van der Waals surface area contributed by atoms with Crippen LogP contribution in [-0.4, -0.2) is 13.1 Å². The Bertz CT molecular complexity index is 529. The molecule has 0 aliphatic heterocycles. The molecule has 0 aliphatic rings. The molecule has 1 aromatic carbocycles. The van der Waals surface area contributed by atoms with E-state index in [2.05, 4.69) is 29.9 Å². The monoisotopic (exact) mass is 342 g/mol. The Morgan fingerprint density at radius 1 is 0.880 bits per heavy atom. The number of carbonyl (C=O) groups excluding carboxylic acids is 1. The van der Waals surface area contributed by atoms with Crippen molar-refractivity contribution in [3.05, 3.63) is 47.5 Å². The Kier molecular flexibility index (Phi) is 12.3. The van der Waals surface area contributed by atoms with E-state index in [-0.39, 0.29) is 5.97 Å². The third kappa shape index (κ3) is 10.6. The van der Waals surface area contributed by atoms with E-state index in [1.54, 1.807) is 0 Å². The van der Waals surface area contributed by atoms with Crippen molar-refractivity contribution in [2.75, 3.05) is 7.11 Å². The number of carbonyl (C=O) groups is 1. The number of hydrogen-bond acceptors (Lipinski definition) is 2. The van der Waals surface area contributed by atoms with Gasteiger partial charge in [-0.05, 0) is 30.0 Å². The van der Waals surface area contributed by atoms with Gasteiger partial charge < -0.3 is 4.74 Å². The standard InChI is InChI=1S/C23H34O2/c1-3-4-5-6-7-8-9-10-11-12-13-16-21-17-14-15-18-22(21)19-20-23(24)25-2/h13-20H,3-12H2,1-2H3/b16-13-,20-19+. The largest absolute Gasteiger partial charge is 0.466 e. The van der Waals surface area contributed by atoms with Gasteiger partial charge in [-0.15, -0.1) is 0 Å². The molecule has 1 rings (SSSR count). The van der Waals surface area contributed by atoms with Crippen molar-refractivity contribution in [2.45, 2.75) is 71.1 Å². The lowest BCUT2D eigenvalue weighted by atomic mass is 10.0. The molecule has 0 radical (unpaired) electrons. The Balaban J connectivity index is 2.24. The lowest BCUT2D eigenvalue weighted by Crippen LogP contribution is -1.93. The molecular formula is C23H34O2. The number of esters is 1. The summed E-state index contributed by atoms with van der Waals surface area (Å²) in [7, 11) is 1.39. The first kappa shape index (κ1) is 21.2. The molecular weight excluding hydrogens is 308 g/mol. The fraction of sp³-hybridized carbons (Fsp3) is 0.522. The number of hydrogen-bond donors (Lipinski definition) is 0. The van der Waals surface area contributed by atoms with E-state index in [9.17, 15) is 4.79 Å². The molecule has 0 atom stereocenters. The molecule has 0 N–H and O–H groups in total. The highest BCUT2D eigenvalue weighted by molar-refractivity contribution is 5.87. The van der Waals surface area contributed by atoms with Crippen LogP contribution < -0.4 is 0 Å². The van der Waals surface area contributed by atoms with Crippen LogP contribution >= 0.6 is 0 Å². The summed E-state index contributed by atoms with van der Waals surface area (Å²) in [6.45, 7) is 2.27. The van der Waals surface area contributed by atoms with Gasteiger partial charge in [0.25, 0.3) is 0 Å². The molecule has 0 fully saturated rings. The first-order valence-corrected chi connectivity index (χ1v) is 9.79. The minimum Gasteiger partial charge on any atom is -0.466 e. The minimum atomic E-state index is -0.325. The van der Waals surface area contributed by atoms with Crippen LogP contribution in [0, 0.1) is 0 Å².